The maximum Gasteiger partial charge on any atom is 0.350 e. The van der Waals surface area contributed by atoms with Crippen LogP contribution in [0.5, 0.6) is 0 Å². The van der Waals surface area contributed by atoms with Gasteiger partial charge in [0.25, 0.3) is 0 Å². The molecule has 8 nitrogen and oxygen atoms in total. The third-order valence-electron chi connectivity index (χ3n) is 3.35. The molecule has 0 aromatic carbocycles. The van der Waals surface area contributed by atoms with Gasteiger partial charge >= 0.3 is 17.9 Å². The minimum absolute atomic E-state index is 0.453. The molecule has 1 heterocycles. The van der Waals surface area contributed by atoms with Crippen LogP contribution in [0.2, 0.25) is 0 Å². The van der Waals surface area contributed by atoms with Gasteiger partial charge < -0.3 is 24.4 Å². The van der Waals surface area contributed by atoms with Crippen molar-refractivity contribution in [1.82, 2.24) is 0 Å². The van der Waals surface area contributed by atoms with E-state index in [9.17, 15) is 24.6 Å². The van der Waals surface area contributed by atoms with Gasteiger partial charge in [0.1, 0.15) is 18.8 Å². The smallest absolute Gasteiger partial charge is 0.350 e. The summed E-state index contributed by atoms with van der Waals surface area (Å²) in [7, 11) is 0. The summed E-state index contributed by atoms with van der Waals surface area (Å²) in [6, 6.07) is 0. The fourth-order valence-corrected chi connectivity index (χ4v) is 1.77. The van der Waals surface area contributed by atoms with Crippen LogP contribution in [0.25, 0.3) is 0 Å². The first kappa shape index (κ1) is 20.4. The Morgan fingerprint density at radius 3 is 2.08 bits per heavy atom. The SMILES string of the molecule is CC(C)(C)C(=O)OC[C@@H](O)[C@@H]1OC(=O)[C@H](OC(=O)C(C)(C)C)[C@H]1O. The molecule has 0 aromatic heterocycles. The van der Waals surface area contributed by atoms with Crippen LogP contribution in [0.3, 0.4) is 0 Å². The van der Waals surface area contributed by atoms with Gasteiger partial charge in [-0.2, -0.15) is 0 Å². The maximum atomic E-state index is 11.8. The van der Waals surface area contributed by atoms with Crippen molar-refractivity contribution in [2.45, 2.75) is 66.0 Å². The number of ether oxygens (including phenoxy) is 3. The maximum absolute atomic E-state index is 11.8. The number of rotatable bonds is 4. The van der Waals surface area contributed by atoms with Gasteiger partial charge in [0.05, 0.1) is 10.8 Å². The van der Waals surface area contributed by atoms with Crippen LogP contribution in [0.1, 0.15) is 41.5 Å². The molecule has 1 aliphatic rings. The van der Waals surface area contributed by atoms with Crippen molar-refractivity contribution in [3.63, 3.8) is 0 Å². The Morgan fingerprint density at radius 2 is 1.62 bits per heavy atom. The van der Waals surface area contributed by atoms with E-state index >= 15 is 0 Å². The quantitative estimate of drug-likeness (QED) is 0.546. The van der Waals surface area contributed by atoms with Gasteiger partial charge in [-0.15, -0.1) is 0 Å². The Labute approximate surface area is 141 Å². The van der Waals surface area contributed by atoms with Gasteiger partial charge in [-0.3, -0.25) is 9.59 Å². The lowest BCUT2D eigenvalue weighted by molar-refractivity contribution is -0.169. The topological polar surface area (TPSA) is 119 Å². The summed E-state index contributed by atoms with van der Waals surface area (Å²) in [4.78, 5) is 35.3. The van der Waals surface area contributed by atoms with Crippen LogP contribution >= 0.6 is 0 Å². The van der Waals surface area contributed by atoms with Gasteiger partial charge in [0.2, 0.25) is 6.10 Å². The summed E-state index contributed by atoms with van der Waals surface area (Å²) in [5.74, 6) is -2.18. The predicted molar refractivity (Wildman–Crippen MR) is 81.6 cm³/mol. The van der Waals surface area contributed by atoms with E-state index in [1.165, 1.54) is 0 Å². The molecule has 0 unspecified atom stereocenters. The average molecular weight is 346 g/mol. The molecule has 0 saturated carbocycles. The van der Waals surface area contributed by atoms with Crippen LogP contribution in [0.4, 0.5) is 0 Å². The largest absolute Gasteiger partial charge is 0.462 e. The van der Waals surface area contributed by atoms with Crippen LogP contribution in [0.15, 0.2) is 0 Å². The molecule has 4 atom stereocenters. The Hall–Kier alpha value is -1.67. The predicted octanol–water partition coefficient (Wildman–Crippen LogP) is 0.181. The lowest BCUT2D eigenvalue weighted by Crippen LogP contribution is -2.44. The molecule has 0 amide bonds. The molecule has 0 aromatic rings. The number of carbonyl (C=O) groups excluding carboxylic acids is 3. The average Bonchev–Trinajstić information content (AvgIpc) is 2.70. The molecule has 1 fully saturated rings. The van der Waals surface area contributed by atoms with Crippen molar-refractivity contribution < 1.29 is 38.8 Å². The van der Waals surface area contributed by atoms with Crippen LogP contribution in [-0.2, 0) is 28.6 Å². The molecule has 0 radical (unpaired) electrons. The number of hydrogen-bond donors (Lipinski definition) is 2. The zero-order chi connectivity index (χ0) is 18.9. The second kappa shape index (κ2) is 7.06. The molecule has 2 N–H and O–H groups in total. The molecule has 0 bridgehead atoms. The van der Waals surface area contributed by atoms with Gasteiger partial charge in [0.15, 0.2) is 6.10 Å². The Bertz CT molecular complexity index is 499. The van der Waals surface area contributed by atoms with E-state index in [-0.39, 0.29) is 0 Å². The highest BCUT2D eigenvalue weighted by molar-refractivity contribution is 5.83. The Balaban J connectivity index is 2.67. The number of aliphatic hydroxyl groups is 2. The molecule has 1 aliphatic heterocycles. The fourth-order valence-electron chi connectivity index (χ4n) is 1.77. The van der Waals surface area contributed by atoms with E-state index in [0.717, 1.165) is 0 Å². The van der Waals surface area contributed by atoms with E-state index in [1.807, 2.05) is 0 Å². The number of esters is 3. The summed E-state index contributed by atoms with van der Waals surface area (Å²) in [5.41, 5.74) is -1.62. The first-order valence-electron chi connectivity index (χ1n) is 7.70. The molecule has 24 heavy (non-hydrogen) atoms. The Kier molecular flexibility index (Phi) is 6.00. The van der Waals surface area contributed by atoms with E-state index < -0.39 is 59.8 Å². The molecular weight excluding hydrogens is 320 g/mol. The number of cyclic esters (lactones) is 1. The number of carbonyl (C=O) groups is 3. The zero-order valence-corrected chi connectivity index (χ0v) is 14.9. The van der Waals surface area contributed by atoms with Crippen molar-refractivity contribution >= 4 is 17.9 Å². The monoisotopic (exact) mass is 346 g/mol. The summed E-state index contributed by atoms with van der Waals surface area (Å²) in [6.45, 7) is 9.28. The van der Waals surface area contributed by atoms with E-state index in [2.05, 4.69) is 0 Å². The van der Waals surface area contributed by atoms with Crippen LogP contribution in [-0.4, -0.2) is 59.1 Å². The summed E-state index contributed by atoms with van der Waals surface area (Å²) >= 11 is 0. The zero-order valence-electron chi connectivity index (χ0n) is 14.9. The lowest BCUT2D eigenvalue weighted by Gasteiger charge is -2.23. The molecule has 1 rings (SSSR count). The second-order valence-corrected chi connectivity index (χ2v) is 7.88. The van der Waals surface area contributed by atoms with Gasteiger partial charge in [-0.05, 0) is 41.5 Å². The third kappa shape index (κ3) is 4.91. The number of aliphatic hydroxyl groups excluding tert-OH is 2. The Morgan fingerprint density at radius 1 is 1.12 bits per heavy atom. The minimum Gasteiger partial charge on any atom is -0.462 e. The van der Waals surface area contributed by atoms with Crippen LogP contribution in [0, 0.1) is 10.8 Å². The van der Waals surface area contributed by atoms with Gasteiger partial charge in [0, 0.05) is 0 Å². The van der Waals surface area contributed by atoms with E-state index in [0.29, 0.717) is 0 Å². The lowest BCUT2D eigenvalue weighted by atomic mass is 9.97. The molecule has 1 saturated heterocycles. The molecule has 8 heteroatoms. The summed E-state index contributed by atoms with van der Waals surface area (Å²) < 4.78 is 14.8. The second-order valence-electron chi connectivity index (χ2n) is 7.88. The van der Waals surface area contributed by atoms with Crippen molar-refractivity contribution in [1.29, 1.82) is 0 Å². The van der Waals surface area contributed by atoms with Gasteiger partial charge in [-0.1, -0.05) is 0 Å². The third-order valence-corrected chi connectivity index (χ3v) is 3.35. The van der Waals surface area contributed by atoms with E-state index in [4.69, 9.17) is 14.2 Å². The molecular formula is C16H26O8. The summed E-state index contributed by atoms with van der Waals surface area (Å²) in [5, 5.41) is 20.1. The highest BCUT2D eigenvalue weighted by atomic mass is 16.6. The van der Waals surface area contributed by atoms with Crippen molar-refractivity contribution in [3.8, 4) is 0 Å². The first-order valence-corrected chi connectivity index (χ1v) is 7.70. The van der Waals surface area contributed by atoms with Crippen molar-refractivity contribution in [2.24, 2.45) is 10.8 Å². The summed E-state index contributed by atoms with van der Waals surface area (Å²) in [6.07, 6.45) is -5.85. The molecule has 0 aliphatic carbocycles. The standard InChI is InChI=1S/C16H26O8/c1-15(2,3)13(20)22-7-8(17)10-9(18)11(12(19)23-10)24-14(21)16(4,5)6/h8-11,17-18H,7H2,1-6H3/t8-,9+,10+,11-/m1/s1. The molecule has 0 spiro atoms. The molecule has 138 valence electrons. The highest BCUT2D eigenvalue weighted by Crippen LogP contribution is 2.25. The fraction of sp³-hybridized carbons (Fsp3) is 0.812. The minimum atomic E-state index is -1.55. The van der Waals surface area contributed by atoms with Crippen molar-refractivity contribution in [3.05, 3.63) is 0 Å². The highest BCUT2D eigenvalue weighted by Gasteiger charge is 2.50. The van der Waals surface area contributed by atoms with Crippen LogP contribution < -0.4 is 0 Å². The number of hydrogen-bond acceptors (Lipinski definition) is 8. The van der Waals surface area contributed by atoms with Crippen molar-refractivity contribution in [2.75, 3.05) is 6.61 Å². The van der Waals surface area contributed by atoms with Gasteiger partial charge in [-0.25, -0.2) is 4.79 Å². The first-order chi connectivity index (χ1) is 10.7. The van der Waals surface area contributed by atoms with E-state index in [1.54, 1.807) is 41.5 Å². The normalized spacial score (nSPS) is 25.8.